The summed E-state index contributed by atoms with van der Waals surface area (Å²) in [5.41, 5.74) is 4.37. The lowest BCUT2D eigenvalue weighted by atomic mass is 10.1. The molecular formula is C21H25FN2O4S. The van der Waals surface area contributed by atoms with E-state index in [1.807, 2.05) is 0 Å². The van der Waals surface area contributed by atoms with Crippen molar-refractivity contribution in [3.05, 3.63) is 66.0 Å². The number of halogens is 1. The van der Waals surface area contributed by atoms with Gasteiger partial charge in [-0.15, -0.1) is 0 Å². The molecule has 29 heavy (non-hydrogen) atoms. The fourth-order valence-electron chi connectivity index (χ4n) is 3.73. The van der Waals surface area contributed by atoms with Crippen LogP contribution in [0.15, 0.2) is 59.5 Å². The van der Waals surface area contributed by atoms with Crippen molar-refractivity contribution in [1.29, 1.82) is 0 Å². The molecule has 1 amide bonds. The fourth-order valence-corrected chi connectivity index (χ4v) is 6.09. The zero-order valence-corrected chi connectivity index (χ0v) is 17.4. The number of nitrogens with one attached hydrogen (secondary N) is 1. The van der Waals surface area contributed by atoms with Crippen molar-refractivity contribution in [3.63, 3.8) is 0 Å². The van der Waals surface area contributed by atoms with Crippen LogP contribution in [0.1, 0.15) is 32.3 Å². The predicted octanol–water partition coefficient (Wildman–Crippen LogP) is 2.99. The van der Waals surface area contributed by atoms with E-state index in [-0.39, 0.29) is 11.4 Å². The molecule has 0 radical (unpaired) electrons. The summed E-state index contributed by atoms with van der Waals surface area (Å²) in [6.07, 6.45) is -0.768. The van der Waals surface area contributed by atoms with E-state index in [2.05, 4.69) is 5.32 Å². The summed E-state index contributed by atoms with van der Waals surface area (Å²) >= 11 is 0. The van der Waals surface area contributed by atoms with Gasteiger partial charge in [-0.2, -0.15) is 0 Å². The Balaban J connectivity index is 2.04. The average Bonchev–Trinajstić information content (AvgIpc) is 3.30. The first-order chi connectivity index (χ1) is 13.5. The lowest BCUT2D eigenvalue weighted by Gasteiger charge is -2.24. The molecule has 3 atom stereocenters. The maximum atomic E-state index is 13.8. The Bertz CT molecular complexity index is 1000. The molecule has 0 aromatic heterocycles. The van der Waals surface area contributed by atoms with E-state index in [4.69, 9.17) is 10.5 Å². The minimum absolute atomic E-state index is 0.118. The highest BCUT2D eigenvalue weighted by Crippen LogP contribution is 2.57. The molecule has 1 aliphatic rings. The number of ether oxygens (including phenoxy) is 1. The number of benzene rings is 2. The van der Waals surface area contributed by atoms with Crippen LogP contribution in [0.2, 0.25) is 0 Å². The molecule has 0 spiro atoms. The Hall–Kier alpha value is -2.45. The number of carbonyl (C=O) groups is 1. The summed E-state index contributed by atoms with van der Waals surface area (Å²) in [5.74, 6) is -1.20. The standard InChI is InChI=1S/C21H25FN2O4S/c1-20(2,3)28-19(25)24-21(13-23)17(14-8-7-9-15(22)12-14)18(21)29(26,27)16-10-5-4-6-11-16/h4-12,17-18H,13,23H2,1-3H3,(H,24,25). The summed E-state index contributed by atoms with van der Waals surface area (Å²) in [7, 11) is -3.86. The summed E-state index contributed by atoms with van der Waals surface area (Å²) in [6, 6.07) is 13.6. The largest absolute Gasteiger partial charge is 0.444 e. The maximum absolute atomic E-state index is 13.8. The van der Waals surface area contributed by atoms with Crippen molar-refractivity contribution in [2.75, 3.05) is 6.54 Å². The second-order valence-electron chi connectivity index (χ2n) is 8.18. The van der Waals surface area contributed by atoms with Crippen LogP contribution in [0.4, 0.5) is 9.18 Å². The van der Waals surface area contributed by atoms with Gasteiger partial charge < -0.3 is 15.8 Å². The Morgan fingerprint density at radius 2 is 1.83 bits per heavy atom. The summed E-state index contributed by atoms with van der Waals surface area (Å²) in [4.78, 5) is 12.6. The van der Waals surface area contributed by atoms with Crippen molar-refractivity contribution in [3.8, 4) is 0 Å². The van der Waals surface area contributed by atoms with Gasteiger partial charge in [0.25, 0.3) is 0 Å². The molecule has 3 N–H and O–H groups in total. The molecular weight excluding hydrogens is 395 g/mol. The van der Waals surface area contributed by atoms with Gasteiger partial charge in [0.05, 0.1) is 10.4 Å². The molecule has 0 saturated heterocycles. The molecule has 3 unspecified atom stereocenters. The molecule has 8 heteroatoms. The minimum atomic E-state index is -3.86. The number of carbonyl (C=O) groups excluding carboxylic acids is 1. The van der Waals surface area contributed by atoms with E-state index in [0.717, 1.165) is 0 Å². The van der Waals surface area contributed by atoms with E-state index < -0.39 is 44.1 Å². The topological polar surface area (TPSA) is 98.5 Å². The molecule has 3 rings (SSSR count). The second kappa shape index (κ2) is 7.42. The van der Waals surface area contributed by atoms with Crippen molar-refractivity contribution in [2.45, 2.75) is 48.0 Å². The molecule has 1 fully saturated rings. The number of hydrogen-bond donors (Lipinski definition) is 2. The second-order valence-corrected chi connectivity index (χ2v) is 10.3. The predicted molar refractivity (Wildman–Crippen MR) is 108 cm³/mol. The zero-order valence-electron chi connectivity index (χ0n) is 16.6. The first-order valence-corrected chi connectivity index (χ1v) is 10.8. The number of hydrogen-bond acceptors (Lipinski definition) is 5. The molecule has 0 aliphatic heterocycles. The van der Waals surface area contributed by atoms with Crippen LogP contribution >= 0.6 is 0 Å². The number of rotatable bonds is 5. The minimum Gasteiger partial charge on any atom is -0.444 e. The van der Waals surface area contributed by atoms with Gasteiger partial charge in [-0.3, -0.25) is 0 Å². The van der Waals surface area contributed by atoms with Gasteiger partial charge in [0.2, 0.25) is 0 Å². The Morgan fingerprint density at radius 1 is 1.17 bits per heavy atom. The van der Waals surface area contributed by atoms with Crippen LogP contribution in [0.25, 0.3) is 0 Å². The molecule has 1 aliphatic carbocycles. The zero-order chi connectivity index (χ0) is 21.4. The van der Waals surface area contributed by atoms with Crippen LogP contribution in [-0.2, 0) is 14.6 Å². The third-order valence-electron chi connectivity index (χ3n) is 4.94. The number of amides is 1. The molecule has 6 nitrogen and oxygen atoms in total. The van der Waals surface area contributed by atoms with Crippen LogP contribution in [0.3, 0.4) is 0 Å². The van der Waals surface area contributed by atoms with Crippen molar-refractivity contribution in [1.82, 2.24) is 5.32 Å². The number of sulfone groups is 1. The highest BCUT2D eigenvalue weighted by atomic mass is 32.2. The molecule has 0 heterocycles. The Kier molecular flexibility index (Phi) is 5.44. The van der Waals surface area contributed by atoms with E-state index >= 15 is 0 Å². The van der Waals surface area contributed by atoms with E-state index in [1.54, 1.807) is 45.0 Å². The highest BCUT2D eigenvalue weighted by Gasteiger charge is 2.71. The Labute approximate surface area is 170 Å². The van der Waals surface area contributed by atoms with Crippen LogP contribution in [0, 0.1) is 5.82 Å². The van der Waals surface area contributed by atoms with Crippen LogP contribution in [-0.4, -0.2) is 37.4 Å². The van der Waals surface area contributed by atoms with Gasteiger partial charge in [-0.1, -0.05) is 30.3 Å². The highest BCUT2D eigenvalue weighted by molar-refractivity contribution is 7.92. The SMILES string of the molecule is CC(C)(C)OC(=O)NC1(CN)C(c2cccc(F)c2)C1S(=O)(=O)c1ccccc1. The molecule has 2 aromatic carbocycles. The lowest BCUT2D eigenvalue weighted by Crippen LogP contribution is -2.49. The third kappa shape index (κ3) is 4.13. The summed E-state index contributed by atoms with van der Waals surface area (Å²) < 4.78 is 45.9. The molecule has 156 valence electrons. The van der Waals surface area contributed by atoms with Gasteiger partial charge in [0.1, 0.15) is 16.7 Å². The number of nitrogens with two attached hydrogens (primary N) is 1. The van der Waals surface area contributed by atoms with Gasteiger partial charge in [0.15, 0.2) is 9.84 Å². The first-order valence-electron chi connectivity index (χ1n) is 9.27. The lowest BCUT2D eigenvalue weighted by molar-refractivity contribution is 0.0497. The van der Waals surface area contributed by atoms with E-state index in [9.17, 15) is 17.6 Å². The first kappa shape index (κ1) is 21.3. The van der Waals surface area contributed by atoms with Crippen molar-refractivity contribution in [2.24, 2.45) is 5.73 Å². The van der Waals surface area contributed by atoms with Gasteiger partial charge >= 0.3 is 6.09 Å². The summed E-state index contributed by atoms with van der Waals surface area (Å²) in [5, 5.41) is 1.64. The van der Waals surface area contributed by atoms with Crippen molar-refractivity contribution >= 4 is 15.9 Å². The number of alkyl carbamates (subject to hydrolysis) is 1. The van der Waals surface area contributed by atoms with Crippen LogP contribution in [0.5, 0.6) is 0 Å². The van der Waals surface area contributed by atoms with Gasteiger partial charge in [0, 0.05) is 12.5 Å². The molecule has 2 aromatic rings. The summed E-state index contributed by atoms with van der Waals surface area (Å²) in [6.45, 7) is 4.97. The third-order valence-corrected chi connectivity index (χ3v) is 7.23. The van der Waals surface area contributed by atoms with E-state index in [1.165, 1.54) is 30.3 Å². The van der Waals surface area contributed by atoms with Gasteiger partial charge in [-0.05, 0) is 50.6 Å². The monoisotopic (exact) mass is 420 g/mol. The van der Waals surface area contributed by atoms with Crippen molar-refractivity contribution < 1.29 is 22.3 Å². The maximum Gasteiger partial charge on any atom is 0.408 e. The van der Waals surface area contributed by atoms with Crippen LogP contribution < -0.4 is 11.1 Å². The van der Waals surface area contributed by atoms with Gasteiger partial charge in [-0.25, -0.2) is 17.6 Å². The van der Waals surface area contributed by atoms with E-state index in [0.29, 0.717) is 5.56 Å². The molecule has 1 saturated carbocycles. The quantitative estimate of drug-likeness (QED) is 0.775. The Morgan fingerprint density at radius 3 is 2.38 bits per heavy atom. The normalized spacial score (nSPS) is 24.0. The smallest absolute Gasteiger partial charge is 0.408 e. The average molecular weight is 421 g/mol. The molecule has 0 bridgehead atoms. The fraction of sp³-hybridized carbons (Fsp3) is 0.381.